The van der Waals surface area contributed by atoms with E-state index in [1.807, 2.05) is 0 Å². The lowest BCUT2D eigenvalue weighted by atomic mass is 10.1. The van der Waals surface area contributed by atoms with Gasteiger partial charge in [-0.25, -0.2) is 19.9 Å². The number of benzene rings is 1. The monoisotopic (exact) mass is 552 g/mol. The number of halogens is 3. The number of aromatic nitrogens is 5. The number of nitrogens with zero attached hydrogens (tertiary/aromatic N) is 5. The Labute approximate surface area is 225 Å². The van der Waals surface area contributed by atoms with Gasteiger partial charge in [-0.15, -0.1) is 0 Å². The molecular weight excluding hydrogens is 529 g/mol. The Bertz CT molecular complexity index is 1640. The molecular formula is C27H23F3N6O4. The van der Waals surface area contributed by atoms with Gasteiger partial charge in [0.05, 0.1) is 24.7 Å². The zero-order valence-electron chi connectivity index (χ0n) is 21.2. The van der Waals surface area contributed by atoms with E-state index < -0.39 is 17.3 Å². The summed E-state index contributed by atoms with van der Waals surface area (Å²) in [5, 5.41) is 3.23. The van der Waals surface area contributed by atoms with Crippen LogP contribution >= 0.6 is 0 Å². The van der Waals surface area contributed by atoms with Gasteiger partial charge in [0.15, 0.2) is 17.4 Å². The number of hydrogen-bond acceptors (Lipinski definition) is 9. The maximum absolute atomic E-state index is 13.4. The predicted octanol–water partition coefficient (Wildman–Crippen LogP) is 4.37. The predicted molar refractivity (Wildman–Crippen MR) is 137 cm³/mol. The summed E-state index contributed by atoms with van der Waals surface area (Å²) in [6, 6.07) is 6.80. The molecule has 1 aliphatic heterocycles. The molecule has 2 aliphatic rings. The van der Waals surface area contributed by atoms with Crippen molar-refractivity contribution in [2.45, 2.75) is 31.5 Å². The zero-order valence-corrected chi connectivity index (χ0v) is 21.2. The number of alkyl halides is 3. The van der Waals surface area contributed by atoms with E-state index in [-0.39, 0.29) is 43.0 Å². The van der Waals surface area contributed by atoms with Crippen LogP contribution in [0.15, 0.2) is 53.8 Å². The minimum absolute atomic E-state index is 0.0223. The third-order valence-electron chi connectivity index (χ3n) is 6.58. The first-order chi connectivity index (χ1) is 19.3. The van der Waals surface area contributed by atoms with Crippen molar-refractivity contribution in [3.63, 3.8) is 0 Å². The van der Waals surface area contributed by atoms with Crippen molar-refractivity contribution in [3.05, 3.63) is 76.2 Å². The summed E-state index contributed by atoms with van der Waals surface area (Å²) in [6.07, 6.45) is 1.44. The van der Waals surface area contributed by atoms with Crippen molar-refractivity contribution in [2.75, 3.05) is 25.6 Å². The largest absolute Gasteiger partial charge is 0.491 e. The molecule has 6 rings (SSSR count). The highest BCUT2D eigenvalue weighted by atomic mass is 19.4. The van der Waals surface area contributed by atoms with Crippen LogP contribution in [0.4, 0.5) is 19.0 Å². The molecule has 4 bridgehead atoms. The Hall–Kier alpha value is -4.68. The third kappa shape index (κ3) is 4.90. The van der Waals surface area contributed by atoms with Gasteiger partial charge < -0.3 is 19.5 Å². The van der Waals surface area contributed by atoms with Crippen LogP contribution in [-0.4, -0.2) is 44.8 Å². The molecule has 10 nitrogen and oxygen atoms in total. The minimum atomic E-state index is -4.80. The molecule has 40 heavy (non-hydrogen) atoms. The van der Waals surface area contributed by atoms with E-state index >= 15 is 0 Å². The molecule has 206 valence electrons. The van der Waals surface area contributed by atoms with Crippen LogP contribution in [-0.2, 0) is 12.7 Å². The smallest absolute Gasteiger partial charge is 0.421 e. The van der Waals surface area contributed by atoms with Gasteiger partial charge in [0.25, 0.3) is 5.56 Å². The maximum atomic E-state index is 13.4. The lowest BCUT2D eigenvalue weighted by molar-refractivity contribution is -0.138. The van der Waals surface area contributed by atoms with Crippen molar-refractivity contribution < 1.29 is 27.4 Å². The fourth-order valence-corrected chi connectivity index (χ4v) is 4.49. The molecule has 1 N–H and O–H groups in total. The van der Waals surface area contributed by atoms with Crippen molar-refractivity contribution in [2.24, 2.45) is 0 Å². The molecule has 1 aromatic carbocycles. The molecule has 0 radical (unpaired) electrons. The molecule has 0 saturated heterocycles. The molecule has 1 saturated carbocycles. The number of rotatable bonds is 3. The van der Waals surface area contributed by atoms with Crippen LogP contribution in [0, 0.1) is 0 Å². The number of anilines is 1. The second-order valence-electron chi connectivity index (χ2n) is 9.27. The number of ether oxygens (including phenoxy) is 3. The van der Waals surface area contributed by atoms with Crippen LogP contribution in [0.2, 0.25) is 0 Å². The van der Waals surface area contributed by atoms with E-state index in [1.165, 1.54) is 31.8 Å². The number of hydrogen-bond donors (Lipinski definition) is 1. The molecule has 13 heteroatoms. The minimum Gasteiger partial charge on any atom is -0.491 e. The second-order valence-corrected chi connectivity index (χ2v) is 9.27. The number of methoxy groups -OCH3 is 1. The summed E-state index contributed by atoms with van der Waals surface area (Å²) in [5.74, 6) is 1.97. The van der Waals surface area contributed by atoms with Gasteiger partial charge in [0.2, 0.25) is 5.88 Å². The van der Waals surface area contributed by atoms with Crippen molar-refractivity contribution >= 4 is 5.82 Å². The molecule has 1 fully saturated rings. The highest BCUT2D eigenvalue weighted by molar-refractivity contribution is 5.68. The van der Waals surface area contributed by atoms with E-state index in [0.29, 0.717) is 23.0 Å². The van der Waals surface area contributed by atoms with Gasteiger partial charge in [-0.3, -0.25) is 9.36 Å². The standard InChI is InChI=1S/C27H23F3N6O4/c1-38-20-13-32-24-21-22(16-5-6-16)33-14-34-25(21)40-10-9-39-19-11-15(12-31-23(20)35-24)4-7-18(19)36-8-2-3-17(26(36)37)27(28,29)30/h2-4,7-8,11,13-14,16H,5-6,9-10,12H2,1H3,(H,31,32,35). The van der Waals surface area contributed by atoms with E-state index in [2.05, 4.69) is 20.3 Å². The van der Waals surface area contributed by atoms with E-state index in [9.17, 15) is 18.0 Å². The number of fused-ring (bicyclic) bond motifs is 6. The number of pyridine rings is 1. The van der Waals surface area contributed by atoms with Gasteiger partial charge in [0.1, 0.15) is 36.4 Å². The lowest BCUT2D eigenvalue weighted by Crippen LogP contribution is -2.27. The van der Waals surface area contributed by atoms with Crippen molar-refractivity contribution in [1.82, 2.24) is 24.5 Å². The zero-order chi connectivity index (χ0) is 27.9. The highest BCUT2D eigenvalue weighted by Gasteiger charge is 2.35. The molecule has 4 heterocycles. The molecule has 0 spiro atoms. The summed E-state index contributed by atoms with van der Waals surface area (Å²) >= 11 is 0. The topological polar surface area (TPSA) is 113 Å². The Balaban J connectivity index is 1.42. The van der Waals surface area contributed by atoms with Crippen LogP contribution in [0.25, 0.3) is 17.1 Å². The number of nitrogens with one attached hydrogen (secondary N) is 1. The highest BCUT2D eigenvalue weighted by Crippen LogP contribution is 2.45. The Morgan fingerprint density at radius 3 is 2.70 bits per heavy atom. The first-order valence-corrected chi connectivity index (χ1v) is 12.5. The van der Waals surface area contributed by atoms with E-state index in [4.69, 9.17) is 19.2 Å². The van der Waals surface area contributed by atoms with Crippen LogP contribution < -0.4 is 25.1 Å². The SMILES string of the molecule is COc1cnc2nc1NCc1ccc(-n3cccc(C(F)(F)F)c3=O)c(c1)OCCOc1ncnc(C3CC3)c1-2. The van der Waals surface area contributed by atoms with E-state index in [1.54, 1.807) is 18.3 Å². The van der Waals surface area contributed by atoms with Crippen LogP contribution in [0.5, 0.6) is 17.4 Å². The van der Waals surface area contributed by atoms with Gasteiger partial charge in [-0.1, -0.05) is 6.07 Å². The lowest BCUT2D eigenvalue weighted by Gasteiger charge is -2.19. The summed E-state index contributed by atoms with van der Waals surface area (Å²) in [6.45, 7) is 0.343. The molecule has 0 atom stereocenters. The molecule has 1 aliphatic carbocycles. The van der Waals surface area contributed by atoms with Crippen LogP contribution in [0.1, 0.15) is 35.6 Å². The van der Waals surface area contributed by atoms with Gasteiger partial charge in [-0.05, 0) is 42.7 Å². The summed E-state index contributed by atoms with van der Waals surface area (Å²) < 4.78 is 58.6. The van der Waals surface area contributed by atoms with Gasteiger partial charge >= 0.3 is 6.18 Å². The van der Waals surface area contributed by atoms with E-state index in [0.717, 1.165) is 34.7 Å². The van der Waals surface area contributed by atoms with Gasteiger partial charge in [-0.2, -0.15) is 13.2 Å². The maximum Gasteiger partial charge on any atom is 0.421 e. The average Bonchev–Trinajstić information content (AvgIpc) is 3.79. The quantitative estimate of drug-likeness (QED) is 0.396. The van der Waals surface area contributed by atoms with Gasteiger partial charge in [0, 0.05) is 18.7 Å². The van der Waals surface area contributed by atoms with Crippen LogP contribution in [0.3, 0.4) is 0 Å². The third-order valence-corrected chi connectivity index (χ3v) is 6.58. The first-order valence-electron chi connectivity index (χ1n) is 12.5. The Morgan fingerprint density at radius 1 is 1.10 bits per heavy atom. The van der Waals surface area contributed by atoms with Crippen molar-refractivity contribution in [1.29, 1.82) is 0 Å². The first kappa shape index (κ1) is 25.6. The molecule has 0 amide bonds. The molecule has 3 aromatic heterocycles. The average molecular weight is 553 g/mol. The fraction of sp³-hybridized carbons (Fsp3) is 0.296. The summed E-state index contributed by atoms with van der Waals surface area (Å²) in [4.78, 5) is 30.7. The fourth-order valence-electron chi connectivity index (χ4n) is 4.49. The normalized spacial score (nSPS) is 15.1. The molecule has 4 aromatic rings. The van der Waals surface area contributed by atoms with Crippen molar-refractivity contribution in [3.8, 4) is 34.5 Å². The second kappa shape index (κ2) is 10.1. The summed E-state index contributed by atoms with van der Waals surface area (Å²) in [7, 11) is 1.51. The summed E-state index contributed by atoms with van der Waals surface area (Å²) in [5.41, 5.74) is -0.207. The molecule has 0 unspecified atom stereocenters. The Morgan fingerprint density at radius 2 is 1.93 bits per heavy atom. The Kier molecular flexibility index (Phi) is 6.48.